The number of sulfonamides is 1. The zero-order valence-electron chi connectivity index (χ0n) is 12.9. The molecule has 0 aliphatic carbocycles. The molecule has 0 aliphatic heterocycles. The monoisotopic (exact) mass is 316 g/mol. The summed E-state index contributed by atoms with van der Waals surface area (Å²) in [4.78, 5) is 11.7. The highest BCUT2D eigenvalue weighted by Gasteiger charge is 2.31. The molecule has 0 unspecified atom stereocenters. The summed E-state index contributed by atoms with van der Waals surface area (Å²) in [6.45, 7) is 3.99. The molecule has 8 heteroatoms. The van der Waals surface area contributed by atoms with Crippen LogP contribution in [0.2, 0.25) is 0 Å². The van der Waals surface area contributed by atoms with Crippen molar-refractivity contribution in [2.45, 2.75) is 37.1 Å². The van der Waals surface area contributed by atoms with Crippen molar-refractivity contribution in [1.29, 1.82) is 0 Å². The van der Waals surface area contributed by atoms with Gasteiger partial charge in [0.15, 0.2) is 0 Å². The van der Waals surface area contributed by atoms with Crippen LogP contribution < -0.4 is 15.8 Å². The molecule has 1 aromatic rings. The predicted molar refractivity (Wildman–Crippen MR) is 81.5 cm³/mol. The average Bonchev–Trinajstić information content (AvgIpc) is 2.87. The Labute approximate surface area is 125 Å². The SMILES string of the molecule is CCC(CC)(CN)NS(=O)(=O)c1cc(C(=O)NC)n(C)c1. The Morgan fingerprint density at radius 3 is 2.38 bits per heavy atom. The maximum atomic E-state index is 12.5. The molecule has 0 saturated heterocycles. The van der Waals surface area contributed by atoms with Gasteiger partial charge in [0.05, 0.1) is 0 Å². The number of aryl methyl sites for hydroxylation is 1. The van der Waals surface area contributed by atoms with E-state index in [4.69, 9.17) is 5.73 Å². The number of hydrogen-bond donors (Lipinski definition) is 3. The molecule has 4 N–H and O–H groups in total. The van der Waals surface area contributed by atoms with E-state index in [-0.39, 0.29) is 23.0 Å². The minimum absolute atomic E-state index is 0.0586. The van der Waals surface area contributed by atoms with Crippen LogP contribution in [0.3, 0.4) is 0 Å². The van der Waals surface area contributed by atoms with Gasteiger partial charge in [0.2, 0.25) is 10.0 Å². The fourth-order valence-corrected chi connectivity index (χ4v) is 3.73. The smallest absolute Gasteiger partial charge is 0.267 e. The molecular formula is C13H24N4O3S. The van der Waals surface area contributed by atoms with Gasteiger partial charge in [-0.2, -0.15) is 0 Å². The third-order valence-corrected chi connectivity index (χ3v) is 5.39. The van der Waals surface area contributed by atoms with Crippen LogP contribution in [0.4, 0.5) is 0 Å². The molecule has 0 aliphatic rings. The Kier molecular flexibility index (Phi) is 5.54. The van der Waals surface area contributed by atoms with Crippen molar-refractivity contribution in [2.24, 2.45) is 12.8 Å². The van der Waals surface area contributed by atoms with E-state index in [0.717, 1.165) is 0 Å². The van der Waals surface area contributed by atoms with E-state index in [1.165, 1.54) is 23.9 Å². The van der Waals surface area contributed by atoms with Crippen LogP contribution in [0.25, 0.3) is 0 Å². The topological polar surface area (TPSA) is 106 Å². The normalized spacial score (nSPS) is 12.4. The minimum Gasteiger partial charge on any atom is -0.354 e. The van der Waals surface area contributed by atoms with E-state index >= 15 is 0 Å². The molecule has 0 saturated carbocycles. The number of aromatic nitrogens is 1. The third kappa shape index (κ3) is 3.63. The Morgan fingerprint density at radius 2 is 1.95 bits per heavy atom. The molecule has 0 bridgehead atoms. The lowest BCUT2D eigenvalue weighted by atomic mass is 9.95. The largest absolute Gasteiger partial charge is 0.354 e. The fourth-order valence-electron chi connectivity index (χ4n) is 2.10. The molecule has 1 amide bonds. The van der Waals surface area contributed by atoms with Crippen molar-refractivity contribution in [3.05, 3.63) is 18.0 Å². The molecule has 0 aromatic carbocycles. The van der Waals surface area contributed by atoms with Gasteiger partial charge < -0.3 is 15.6 Å². The molecule has 7 nitrogen and oxygen atoms in total. The average molecular weight is 316 g/mol. The number of hydrogen-bond acceptors (Lipinski definition) is 4. The lowest BCUT2D eigenvalue weighted by Crippen LogP contribution is -2.52. The van der Waals surface area contributed by atoms with Crippen LogP contribution in [0.15, 0.2) is 17.2 Å². The van der Waals surface area contributed by atoms with Gasteiger partial charge in [-0.15, -0.1) is 0 Å². The molecule has 0 radical (unpaired) electrons. The summed E-state index contributed by atoms with van der Waals surface area (Å²) >= 11 is 0. The van der Waals surface area contributed by atoms with Gasteiger partial charge in [-0.05, 0) is 18.9 Å². The second-order valence-corrected chi connectivity index (χ2v) is 6.73. The van der Waals surface area contributed by atoms with Crippen molar-refractivity contribution >= 4 is 15.9 Å². The molecule has 120 valence electrons. The summed E-state index contributed by atoms with van der Waals surface area (Å²) in [5.74, 6) is -0.338. The number of nitrogens with zero attached hydrogens (tertiary/aromatic N) is 1. The highest BCUT2D eigenvalue weighted by Crippen LogP contribution is 2.20. The Balaban J connectivity index is 3.17. The van der Waals surface area contributed by atoms with Gasteiger partial charge in [-0.25, -0.2) is 13.1 Å². The zero-order valence-corrected chi connectivity index (χ0v) is 13.8. The number of rotatable bonds is 7. The van der Waals surface area contributed by atoms with E-state index < -0.39 is 15.6 Å². The lowest BCUT2D eigenvalue weighted by Gasteiger charge is -2.30. The summed E-state index contributed by atoms with van der Waals surface area (Å²) in [5.41, 5.74) is 5.34. The molecule has 0 spiro atoms. The van der Waals surface area contributed by atoms with Crippen molar-refractivity contribution in [1.82, 2.24) is 14.6 Å². The second kappa shape index (κ2) is 6.59. The summed E-state index contributed by atoms with van der Waals surface area (Å²) < 4.78 is 29.1. The van der Waals surface area contributed by atoms with Crippen molar-refractivity contribution in [3.8, 4) is 0 Å². The Morgan fingerprint density at radius 1 is 1.38 bits per heavy atom. The van der Waals surface area contributed by atoms with Gasteiger partial charge in [-0.3, -0.25) is 4.79 Å². The van der Waals surface area contributed by atoms with E-state index in [1.54, 1.807) is 7.05 Å². The fraction of sp³-hybridized carbons (Fsp3) is 0.615. The summed E-state index contributed by atoms with van der Waals surface area (Å²) in [7, 11) is -0.609. The van der Waals surface area contributed by atoms with Gasteiger partial charge >= 0.3 is 0 Å². The highest BCUT2D eigenvalue weighted by molar-refractivity contribution is 7.89. The number of nitrogens with two attached hydrogens (primary N) is 1. The standard InChI is InChI=1S/C13H24N4O3S/c1-5-13(6-2,9-14)16-21(19,20)10-7-11(12(18)15-3)17(4)8-10/h7-8,16H,5-6,9,14H2,1-4H3,(H,15,18). The summed E-state index contributed by atoms with van der Waals surface area (Å²) in [6, 6.07) is 1.35. The first-order chi connectivity index (χ1) is 9.75. The van der Waals surface area contributed by atoms with Crippen LogP contribution in [0.1, 0.15) is 37.2 Å². The van der Waals surface area contributed by atoms with E-state index in [1.807, 2.05) is 13.8 Å². The van der Waals surface area contributed by atoms with Crippen molar-refractivity contribution in [2.75, 3.05) is 13.6 Å². The van der Waals surface area contributed by atoms with Crippen LogP contribution in [-0.4, -0.2) is 38.0 Å². The first-order valence-electron chi connectivity index (χ1n) is 6.87. The Bertz CT molecular complexity index is 595. The molecule has 0 fully saturated rings. The van der Waals surface area contributed by atoms with Crippen LogP contribution >= 0.6 is 0 Å². The molecular weight excluding hydrogens is 292 g/mol. The molecule has 1 heterocycles. The quantitative estimate of drug-likeness (QED) is 0.667. The van der Waals surface area contributed by atoms with E-state index in [9.17, 15) is 13.2 Å². The van der Waals surface area contributed by atoms with Gasteiger partial charge in [0.1, 0.15) is 10.6 Å². The van der Waals surface area contributed by atoms with Crippen LogP contribution in [0.5, 0.6) is 0 Å². The molecule has 1 aromatic heterocycles. The summed E-state index contributed by atoms with van der Waals surface area (Å²) in [6.07, 6.45) is 2.60. The molecule has 1 rings (SSSR count). The number of carbonyl (C=O) groups excluding carboxylic acids is 1. The lowest BCUT2D eigenvalue weighted by molar-refractivity contribution is 0.0955. The highest BCUT2D eigenvalue weighted by atomic mass is 32.2. The minimum atomic E-state index is -3.73. The van der Waals surface area contributed by atoms with E-state index in [2.05, 4.69) is 10.0 Å². The summed E-state index contributed by atoms with van der Waals surface area (Å²) in [5, 5.41) is 2.47. The second-order valence-electron chi connectivity index (χ2n) is 5.05. The third-order valence-electron chi connectivity index (χ3n) is 3.85. The maximum Gasteiger partial charge on any atom is 0.267 e. The van der Waals surface area contributed by atoms with E-state index in [0.29, 0.717) is 12.8 Å². The molecule has 21 heavy (non-hydrogen) atoms. The Hall–Kier alpha value is -1.38. The van der Waals surface area contributed by atoms with Gasteiger partial charge in [0, 0.05) is 32.4 Å². The van der Waals surface area contributed by atoms with Gasteiger partial charge in [-0.1, -0.05) is 13.8 Å². The van der Waals surface area contributed by atoms with Crippen LogP contribution in [-0.2, 0) is 17.1 Å². The first kappa shape index (κ1) is 17.7. The van der Waals surface area contributed by atoms with Crippen molar-refractivity contribution in [3.63, 3.8) is 0 Å². The first-order valence-corrected chi connectivity index (χ1v) is 8.36. The number of nitrogens with one attached hydrogen (secondary N) is 2. The number of carbonyl (C=O) groups is 1. The van der Waals surface area contributed by atoms with Crippen molar-refractivity contribution < 1.29 is 13.2 Å². The maximum absolute atomic E-state index is 12.5. The number of amides is 1. The molecule has 0 atom stereocenters. The predicted octanol–water partition coefficient (Wildman–Crippen LogP) is 0.181. The van der Waals surface area contributed by atoms with Gasteiger partial charge in [0.25, 0.3) is 5.91 Å². The van der Waals surface area contributed by atoms with Crippen LogP contribution in [0, 0.1) is 0 Å². The zero-order chi connectivity index (χ0) is 16.3.